The zero-order valence-electron chi connectivity index (χ0n) is 13.4. The minimum Gasteiger partial charge on any atom is -0.337 e. The Bertz CT molecular complexity index is 445. The van der Waals surface area contributed by atoms with Crippen LogP contribution in [0.3, 0.4) is 0 Å². The minimum atomic E-state index is -0.0661. The Kier molecular flexibility index (Phi) is 5.56. The number of aryl methyl sites for hydroxylation is 1. The van der Waals surface area contributed by atoms with Gasteiger partial charge < -0.3 is 15.5 Å². The lowest BCUT2D eigenvalue weighted by Crippen LogP contribution is -2.38. The summed E-state index contributed by atoms with van der Waals surface area (Å²) < 4.78 is 1.85. The number of aromatic nitrogens is 2. The number of hydrogen-bond donors (Lipinski definition) is 2. The molecule has 0 aliphatic carbocycles. The molecule has 0 aromatic carbocycles. The molecule has 20 heavy (non-hydrogen) atoms. The molecule has 6 nitrogen and oxygen atoms in total. The zero-order chi connectivity index (χ0) is 15.3. The maximum atomic E-state index is 11.3. The van der Waals surface area contributed by atoms with E-state index in [4.69, 9.17) is 0 Å². The van der Waals surface area contributed by atoms with E-state index in [0.717, 1.165) is 18.8 Å². The van der Waals surface area contributed by atoms with Crippen LogP contribution in [-0.2, 0) is 19.0 Å². The summed E-state index contributed by atoms with van der Waals surface area (Å²) in [6, 6.07) is -0.0661. The van der Waals surface area contributed by atoms with Crippen molar-refractivity contribution in [3.05, 3.63) is 17.5 Å². The van der Waals surface area contributed by atoms with Crippen molar-refractivity contribution < 1.29 is 4.79 Å². The maximum absolute atomic E-state index is 11.3. The highest BCUT2D eigenvalue weighted by Crippen LogP contribution is 2.23. The summed E-state index contributed by atoms with van der Waals surface area (Å²) in [6.45, 7) is 8.60. The van der Waals surface area contributed by atoms with Crippen molar-refractivity contribution in [2.75, 3.05) is 27.2 Å². The van der Waals surface area contributed by atoms with Gasteiger partial charge in [-0.25, -0.2) is 4.79 Å². The van der Waals surface area contributed by atoms with Crippen LogP contribution < -0.4 is 10.6 Å². The van der Waals surface area contributed by atoms with E-state index in [2.05, 4.69) is 36.5 Å². The van der Waals surface area contributed by atoms with Crippen LogP contribution in [0.25, 0.3) is 0 Å². The average Bonchev–Trinajstić information content (AvgIpc) is 2.69. The van der Waals surface area contributed by atoms with E-state index in [1.807, 2.05) is 17.9 Å². The van der Waals surface area contributed by atoms with Gasteiger partial charge in [0.2, 0.25) is 0 Å². The third-order valence-electron chi connectivity index (χ3n) is 2.91. The lowest BCUT2D eigenvalue weighted by molar-refractivity contribution is 0.217. The predicted octanol–water partition coefficient (Wildman–Crippen LogP) is 1.08. The number of carbonyl (C=O) groups excluding carboxylic acids is 1. The highest BCUT2D eigenvalue weighted by molar-refractivity contribution is 5.73. The Morgan fingerprint density at radius 3 is 2.55 bits per heavy atom. The van der Waals surface area contributed by atoms with E-state index in [9.17, 15) is 4.79 Å². The van der Waals surface area contributed by atoms with E-state index < -0.39 is 0 Å². The van der Waals surface area contributed by atoms with Gasteiger partial charge in [0, 0.05) is 58.0 Å². The van der Waals surface area contributed by atoms with Crippen molar-refractivity contribution >= 4 is 6.03 Å². The highest BCUT2D eigenvalue weighted by atomic mass is 16.2. The number of hydrogen-bond acceptors (Lipinski definition) is 3. The van der Waals surface area contributed by atoms with Gasteiger partial charge in [-0.2, -0.15) is 5.10 Å². The van der Waals surface area contributed by atoms with Crippen molar-refractivity contribution in [2.45, 2.75) is 32.7 Å². The van der Waals surface area contributed by atoms with Crippen LogP contribution in [-0.4, -0.2) is 47.9 Å². The van der Waals surface area contributed by atoms with Gasteiger partial charge in [0.1, 0.15) is 0 Å². The monoisotopic (exact) mass is 281 g/mol. The molecule has 1 heterocycles. The van der Waals surface area contributed by atoms with E-state index >= 15 is 0 Å². The molecule has 0 saturated heterocycles. The summed E-state index contributed by atoms with van der Waals surface area (Å²) in [6.07, 6.45) is 2.05. The third kappa shape index (κ3) is 4.85. The third-order valence-corrected chi connectivity index (χ3v) is 2.91. The van der Waals surface area contributed by atoms with Crippen molar-refractivity contribution in [3.8, 4) is 0 Å². The Labute approximate surface area is 121 Å². The summed E-state index contributed by atoms with van der Waals surface area (Å²) in [5, 5.41) is 10.7. The molecule has 1 rings (SSSR count). The number of nitrogens with zero attached hydrogens (tertiary/aromatic N) is 3. The minimum absolute atomic E-state index is 0.0391. The fourth-order valence-corrected chi connectivity index (χ4v) is 1.94. The Balaban J connectivity index is 2.41. The van der Waals surface area contributed by atoms with E-state index in [1.165, 1.54) is 10.5 Å². The van der Waals surface area contributed by atoms with Crippen molar-refractivity contribution in [2.24, 2.45) is 7.05 Å². The zero-order valence-corrected chi connectivity index (χ0v) is 13.4. The number of rotatable bonds is 5. The van der Waals surface area contributed by atoms with E-state index in [-0.39, 0.29) is 11.4 Å². The molecular formula is C14H27N5O. The quantitative estimate of drug-likeness (QED) is 0.794. The highest BCUT2D eigenvalue weighted by Gasteiger charge is 2.21. The topological polar surface area (TPSA) is 62.2 Å². The van der Waals surface area contributed by atoms with Crippen molar-refractivity contribution in [1.82, 2.24) is 25.3 Å². The summed E-state index contributed by atoms with van der Waals surface area (Å²) in [5.41, 5.74) is 2.36. The van der Waals surface area contributed by atoms with Gasteiger partial charge in [-0.15, -0.1) is 0 Å². The second kappa shape index (κ2) is 6.74. The Morgan fingerprint density at radius 2 is 2.00 bits per heavy atom. The first kappa shape index (κ1) is 16.5. The molecular weight excluding hydrogens is 254 g/mol. The van der Waals surface area contributed by atoms with Crippen molar-refractivity contribution in [1.29, 1.82) is 0 Å². The normalized spacial score (nSPS) is 11.5. The van der Waals surface area contributed by atoms with Gasteiger partial charge in [-0.05, 0) is 0 Å². The van der Waals surface area contributed by atoms with Gasteiger partial charge in [0.05, 0.1) is 5.69 Å². The molecule has 0 saturated carbocycles. The lowest BCUT2D eigenvalue weighted by atomic mass is 9.89. The first-order chi connectivity index (χ1) is 9.21. The van der Waals surface area contributed by atoms with E-state index in [0.29, 0.717) is 6.54 Å². The first-order valence-corrected chi connectivity index (χ1v) is 6.90. The molecule has 6 heteroatoms. The largest absolute Gasteiger partial charge is 0.337 e. The number of nitrogens with one attached hydrogen (secondary N) is 2. The fraction of sp³-hybridized carbons (Fsp3) is 0.714. The number of amides is 2. The van der Waals surface area contributed by atoms with Gasteiger partial charge >= 0.3 is 6.03 Å². The molecule has 0 fully saturated rings. The molecule has 2 N–H and O–H groups in total. The molecule has 0 spiro atoms. The first-order valence-electron chi connectivity index (χ1n) is 6.90. The molecule has 0 atom stereocenters. The van der Waals surface area contributed by atoms with Gasteiger partial charge in [0.25, 0.3) is 0 Å². The lowest BCUT2D eigenvalue weighted by Gasteiger charge is -2.17. The molecule has 1 aromatic heterocycles. The molecule has 0 unspecified atom stereocenters. The summed E-state index contributed by atoms with van der Waals surface area (Å²) in [7, 11) is 5.40. The molecule has 0 radical (unpaired) electrons. The molecule has 0 aliphatic rings. The molecule has 0 aliphatic heterocycles. The van der Waals surface area contributed by atoms with Crippen LogP contribution in [0.1, 0.15) is 32.0 Å². The smallest absolute Gasteiger partial charge is 0.316 e. The molecule has 2 amide bonds. The molecule has 0 bridgehead atoms. The van der Waals surface area contributed by atoms with Crippen LogP contribution >= 0.6 is 0 Å². The van der Waals surface area contributed by atoms with Gasteiger partial charge in [-0.3, -0.25) is 4.68 Å². The van der Waals surface area contributed by atoms with Crippen LogP contribution in [0.5, 0.6) is 0 Å². The van der Waals surface area contributed by atoms with Crippen molar-refractivity contribution in [3.63, 3.8) is 0 Å². The SMILES string of the molecule is CN(C)C(=O)NCCNCc1cn(C)nc1C(C)(C)C. The van der Waals surface area contributed by atoms with Crippen LogP contribution in [0.15, 0.2) is 6.20 Å². The number of carbonyl (C=O) groups is 1. The molecule has 114 valence electrons. The molecule has 1 aromatic rings. The second-order valence-corrected chi connectivity index (χ2v) is 6.23. The Hall–Kier alpha value is -1.56. The summed E-state index contributed by atoms with van der Waals surface area (Å²) in [4.78, 5) is 12.9. The predicted molar refractivity (Wildman–Crippen MR) is 80.7 cm³/mol. The summed E-state index contributed by atoms with van der Waals surface area (Å²) >= 11 is 0. The Morgan fingerprint density at radius 1 is 1.35 bits per heavy atom. The standard InChI is InChI=1S/C14H27N5O/c1-14(2,3)12-11(10-19(6)17-12)9-15-7-8-16-13(20)18(4)5/h10,15H,7-9H2,1-6H3,(H,16,20). The van der Waals surface area contributed by atoms with Crippen LogP contribution in [0.4, 0.5) is 4.79 Å². The second-order valence-electron chi connectivity index (χ2n) is 6.23. The van der Waals surface area contributed by atoms with Crippen LogP contribution in [0, 0.1) is 0 Å². The van der Waals surface area contributed by atoms with Gasteiger partial charge in [-0.1, -0.05) is 20.8 Å². The maximum Gasteiger partial charge on any atom is 0.316 e. The average molecular weight is 281 g/mol. The van der Waals surface area contributed by atoms with Gasteiger partial charge in [0.15, 0.2) is 0 Å². The van der Waals surface area contributed by atoms with E-state index in [1.54, 1.807) is 14.1 Å². The van der Waals surface area contributed by atoms with Crippen LogP contribution in [0.2, 0.25) is 0 Å². The summed E-state index contributed by atoms with van der Waals surface area (Å²) in [5.74, 6) is 0. The number of urea groups is 1. The fourth-order valence-electron chi connectivity index (χ4n) is 1.94.